The number of amides is 1. The smallest absolute Gasteiger partial charge is 0.255 e. The first-order valence-electron chi connectivity index (χ1n) is 6.82. The lowest BCUT2D eigenvalue weighted by atomic mass is 10.1. The second kappa shape index (κ2) is 5.81. The first kappa shape index (κ1) is 14.0. The number of hydrogen-bond acceptors (Lipinski definition) is 2. The average Bonchev–Trinajstić information content (AvgIpc) is 2.90. The minimum absolute atomic E-state index is 0.214. The van der Waals surface area contributed by atoms with Crippen molar-refractivity contribution in [3.63, 3.8) is 0 Å². The van der Waals surface area contributed by atoms with E-state index in [9.17, 15) is 9.18 Å². The Morgan fingerprint density at radius 3 is 2.45 bits per heavy atom. The van der Waals surface area contributed by atoms with Crippen molar-refractivity contribution in [1.29, 1.82) is 0 Å². The highest BCUT2D eigenvalue weighted by atomic mass is 19.1. The monoisotopic (exact) mass is 295 g/mol. The number of halogens is 1. The van der Waals surface area contributed by atoms with E-state index in [2.05, 4.69) is 15.5 Å². The molecule has 0 spiro atoms. The minimum Gasteiger partial charge on any atom is -0.319 e. The summed E-state index contributed by atoms with van der Waals surface area (Å²) in [7, 11) is 0. The molecular formula is C17H14FN3O. The third-order valence-corrected chi connectivity index (χ3v) is 3.34. The van der Waals surface area contributed by atoms with E-state index in [-0.39, 0.29) is 11.7 Å². The Morgan fingerprint density at radius 1 is 1.09 bits per heavy atom. The highest BCUT2D eigenvalue weighted by Gasteiger charge is 2.15. The summed E-state index contributed by atoms with van der Waals surface area (Å²) in [5.74, 6) is -0.528. The number of nitrogens with zero attached hydrogens (tertiary/aromatic N) is 1. The number of carbonyl (C=O) groups is 1. The van der Waals surface area contributed by atoms with E-state index in [1.807, 2.05) is 13.0 Å². The summed E-state index contributed by atoms with van der Waals surface area (Å²) in [4.78, 5) is 12.3. The number of hydrogen-bond donors (Lipinski definition) is 2. The fourth-order valence-corrected chi connectivity index (χ4v) is 2.17. The van der Waals surface area contributed by atoms with Crippen LogP contribution in [-0.4, -0.2) is 16.1 Å². The zero-order valence-corrected chi connectivity index (χ0v) is 11.9. The minimum atomic E-state index is -0.314. The molecule has 22 heavy (non-hydrogen) atoms. The van der Waals surface area contributed by atoms with Gasteiger partial charge in [-0.1, -0.05) is 18.2 Å². The number of benzene rings is 2. The molecule has 5 heteroatoms. The van der Waals surface area contributed by atoms with Gasteiger partial charge >= 0.3 is 0 Å². The van der Waals surface area contributed by atoms with Crippen molar-refractivity contribution in [2.24, 2.45) is 0 Å². The molecule has 0 atom stereocenters. The van der Waals surface area contributed by atoms with E-state index >= 15 is 0 Å². The maximum absolute atomic E-state index is 13.0. The zero-order valence-electron chi connectivity index (χ0n) is 11.9. The third-order valence-electron chi connectivity index (χ3n) is 3.34. The quantitative estimate of drug-likeness (QED) is 0.772. The van der Waals surface area contributed by atoms with E-state index in [1.165, 1.54) is 12.1 Å². The Hall–Kier alpha value is -2.95. The number of H-pyrrole nitrogens is 1. The Balaban J connectivity index is 1.93. The molecule has 0 aliphatic rings. The molecule has 0 saturated carbocycles. The number of rotatable bonds is 3. The Labute approximate surface area is 127 Å². The summed E-state index contributed by atoms with van der Waals surface area (Å²) >= 11 is 0. The van der Waals surface area contributed by atoms with Gasteiger partial charge in [0.1, 0.15) is 11.5 Å². The summed E-state index contributed by atoms with van der Waals surface area (Å²) in [5, 5.41) is 9.91. The lowest BCUT2D eigenvalue weighted by Crippen LogP contribution is -2.12. The van der Waals surface area contributed by atoms with Crippen LogP contribution in [0.15, 0.2) is 54.6 Å². The van der Waals surface area contributed by atoms with Crippen LogP contribution in [0.1, 0.15) is 16.1 Å². The molecule has 3 aromatic rings. The van der Waals surface area contributed by atoms with Gasteiger partial charge in [-0.3, -0.25) is 9.89 Å². The van der Waals surface area contributed by atoms with E-state index in [1.54, 1.807) is 36.4 Å². The van der Waals surface area contributed by atoms with Crippen molar-refractivity contribution in [3.05, 3.63) is 71.7 Å². The molecule has 0 fully saturated rings. The van der Waals surface area contributed by atoms with Crippen molar-refractivity contribution in [2.45, 2.75) is 6.92 Å². The maximum atomic E-state index is 13.0. The van der Waals surface area contributed by atoms with Gasteiger partial charge in [0.05, 0.1) is 11.4 Å². The van der Waals surface area contributed by atoms with Gasteiger partial charge in [0, 0.05) is 11.1 Å². The topological polar surface area (TPSA) is 57.8 Å². The molecule has 1 heterocycles. The standard InChI is InChI=1S/C17H14FN3O/c1-11-15(19-17(22)13-5-3-2-4-6-13)16(21-20-11)12-7-9-14(18)10-8-12/h2-10H,1H3,(H,19,22)(H,20,21). The van der Waals surface area contributed by atoms with Crippen molar-refractivity contribution >= 4 is 11.6 Å². The van der Waals surface area contributed by atoms with Crippen molar-refractivity contribution in [2.75, 3.05) is 5.32 Å². The first-order valence-corrected chi connectivity index (χ1v) is 6.82. The van der Waals surface area contributed by atoms with Crippen LogP contribution < -0.4 is 5.32 Å². The summed E-state index contributed by atoms with van der Waals surface area (Å²) in [6.45, 7) is 1.82. The first-order chi connectivity index (χ1) is 10.6. The lowest BCUT2D eigenvalue weighted by Gasteiger charge is -2.07. The zero-order chi connectivity index (χ0) is 15.5. The number of aromatic amines is 1. The second-order valence-electron chi connectivity index (χ2n) is 4.90. The number of nitrogens with one attached hydrogen (secondary N) is 2. The fourth-order valence-electron chi connectivity index (χ4n) is 2.17. The van der Waals surface area contributed by atoms with E-state index in [4.69, 9.17) is 0 Å². The molecule has 2 N–H and O–H groups in total. The van der Waals surface area contributed by atoms with E-state index < -0.39 is 0 Å². The molecule has 0 unspecified atom stereocenters. The SMILES string of the molecule is Cc1[nH]nc(-c2ccc(F)cc2)c1NC(=O)c1ccccc1. The van der Waals surface area contributed by atoms with Gasteiger partial charge in [0.15, 0.2) is 0 Å². The van der Waals surface area contributed by atoms with Crippen LogP contribution in [0, 0.1) is 12.7 Å². The lowest BCUT2D eigenvalue weighted by molar-refractivity contribution is 0.102. The van der Waals surface area contributed by atoms with Crippen LogP contribution in [-0.2, 0) is 0 Å². The molecule has 0 radical (unpaired) electrons. The molecule has 0 aliphatic heterocycles. The Bertz CT molecular complexity index is 795. The van der Waals surface area contributed by atoms with Crippen LogP contribution in [0.25, 0.3) is 11.3 Å². The van der Waals surface area contributed by atoms with Crippen LogP contribution in [0.3, 0.4) is 0 Å². The molecule has 1 amide bonds. The molecule has 2 aromatic carbocycles. The van der Waals surface area contributed by atoms with Crippen LogP contribution in [0.2, 0.25) is 0 Å². The van der Waals surface area contributed by atoms with Gasteiger partial charge in [0.25, 0.3) is 5.91 Å². The van der Waals surface area contributed by atoms with E-state index in [0.717, 1.165) is 11.3 Å². The summed E-state index contributed by atoms with van der Waals surface area (Å²) in [6.07, 6.45) is 0. The number of anilines is 1. The number of carbonyl (C=O) groups excluding carboxylic acids is 1. The number of aryl methyl sites for hydroxylation is 1. The summed E-state index contributed by atoms with van der Waals surface area (Å²) in [6, 6.07) is 14.9. The molecular weight excluding hydrogens is 281 g/mol. The van der Waals surface area contributed by atoms with E-state index in [0.29, 0.717) is 16.9 Å². The van der Waals surface area contributed by atoms with Crippen LogP contribution in [0.4, 0.5) is 10.1 Å². The average molecular weight is 295 g/mol. The molecule has 0 saturated heterocycles. The summed E-state index contributed by atoms with van der Waals surface area (Å²) in [5.41, 5.74) is 3.22. The normalized spacial score (nSPS) is 10.5. The molecule has 4 nitrogen and oxygen atoms in total. The van der Waals surface area contributed by atoms with Gasteiger partial charge < -0.3 is 5.32 Å². The van der Waals surface area contributed by atoms with Crippen molar-refractivity contribution in [3.8, 4) is 11.3 Å². The Kier molecular flexibility index (Phi) is 3.70. The molecule has 3 rings (SSSR count). The van der Waals surface area contributed by atoms with Crippen LogP contribution in [0.5, 0.6) is 0 Å². The molecule has 110 valence electrons. The van der Waals surface area contributed by atoms with Gasteiger partial charge in [-0.05, 0) is 43.3 Å². The fraction of sp³-hybridized carbons (Fsp3) is 0.0588. The van der Waals surface area contributed by atoms with Crippen LogP contribution >= 0.6 is 0 Å². The van der Waals surface area contributed by atoms with Gasteiger partial charge in [-0.2, -0.15) is 5.10 Å². The Morgan fingerprint density at radius 2 is 1.77 bits per heavy atom. The maximum Gasteiger partial charge on any atom is 0.255 e. The second-order valence-corrected chi connectivity index (χ2v) is 4.90. The predicted octanol–water partition coefficient (Wildman–Crippen LogP) is 3.78. The van der Waals surface area contributed by atoms with Gasteiger partial charge in [-0.15, -0.1) is 0 Å². The van der Waals surface area contributed by atoms with Crippen molar-refractivity contribution in [1.82, 2.24) is 10.2 Å². The van der Waals surface area contributed by atoms with Gasteiger partial charge in [0.2, 0.25) is 0 Å². The molecule has 0 bridgehead atoms. The summed E-state index contributed by atoms with van der Waals surface area (Å²) < 4.78 is 13.0. The van der Waals surface area contributed by atoms with Gasteiger partial charge in [-0.25, -0.2) is 4.39 Å². The predicted molar refractivity (Wildman–Crippen MR) is 83.1 cm³/mol. The molecule has 1 aromatic heterocycles. The molecule has 0 aliphatic carbocycles. The van der Waals surface area contributed by atoms with Crippen molar-refractivity contribution < 1.29 is 9.18 Å². The highest BCUT2D eigenvalue weighted by Crippen LogP contribution is 2.28. The largest absolute Gasteiger partial charge is 0.319 e. The highest BCUT2D eigenvalue weighted by molar-refractivity contribution is 6.06. The number of aromatic nitrogens is 2. The third kappa shape index (κ3) is 2.74.